The molecule has 1 saturated carbocycles. The lowest BCUT2D eigenvalue weighted by molar-refractivity contribution is 0.0697. The molecule has 0 atom stereocenters. The minimum Gasteiger partial charge on any atom is -0.478 e. The summed E-state index contributed by atoms with van der Waals surface area (Å²) >= 11 is 0. The van der Waals surface area contributed by atoms with Gasteiger partial charge in [0.1, 0.15) is 6.33 Å². The Hall–Kier alpha value is -5.65. The van der Waals surface area contributed by atoms with Gasteiger partial charge in [-0.1, -0.05) is 36.4 Å². The van der Waals surface area contributed by atoms with Crippen molar-refractivity contribution < 1.29 is 9.90 Å². The van der Waals surface area contributed by atoms with E-state index in [1.54, 1.807) is 18.2 Å². The van der Waals surface area contributed by atoms with Crippen molar-refractivity contribution >= 4 is 27.8 Å². The van der Waals surface area contributed by atoms with Gasteiger partial charge in [0.15, 0.2) is 5.82 Å². The number of fused-ring (bicyclic) bond motifs is 2. The van der Waals surface area contributed by atoms with Crippen molar-refractivity contribution in [1.29, 1.82) is 0 Å². The monoisotopic (exact) mass is 611 g/mol. The van der Waals surface area contributed by atoms with Crippen LogP contribution in [0, 0.1) is 0 Å². The lowest BCUT2D eigenvalue weighted by Crippen LogP contribution is -2.15. The fourth-order valence-corrected chi connectivity index (χ4v) is 5.50. The Morgan fingerprint density at radius 3 is 2.04 bits per heavy atom. The number of nitrogens with zero attached hydrogens (tertiary/aromatic N) is 4. The molecule has 11 nitrogen and oxygen atoms in total. The first-order valence-electron chi connectivity index (χ1n) is 15.2. The van der Waals surface area contributed by atoms with Crippen molar-refractivity contribution in [3.63, 3.8) is 0 Å². The summed E-state index contributed by atoms with van der Waals surface area (Å²) in [5, 5.41) is 39.5. The van der Waals surface area contributed by atoms with Crippen molar-refractivity contribution in [3.05, 3.63) is 108 Å². The first-order chi connectivity index (χ1) is 22.6. The molecule has 3 aromatic heterocycles. The number of benzene rings is 4. The molecular weight excluding hydrogens is 578 g/mol. The third kappa shape index (κ3) is 6.27. The van der Waals surface area contributed by atoms with Crippen molar-refractivity contribution in [2.45, 2.75) is 32.0 Å². The van der Waals surface area contributed by atoms with Crippen LogP contribution in [0.25, 0.3) is 55.7 Å². The van der Waals surface area contributed by atoms with E-state index in [1.165, 1.54) is 30.3 Å². The molecule has 0 unspecified atom stereocenters. The Kier molecular flexibility index (Phi) is 8.07. The topological polar surface area (TPSA) is 160 Å². The average Bonchev–Trinajstić information content (AvgIpc) is 3.43. The molecule has 3 heterocycles. The minimum atomic E-state index is -0.929. The van der Waals surface area contributed by atoms with Gasteiger partial charge in [-0.15, -0.1) is 0 Å². The van der Waals surface area contributed by atoms with E-state index in [1.807, 2.05) is 31.3 Å². The van der Waals surface area contributed by atoms with Crippen LogP contribution in [0.15, 0.2) is 91.3 Å². The van der Waals surface area contributed by atoms with Crippen LogP contribution in [0.2, 0.25) is 0 Å². The molecule has 0 amide bonds. The third-order valence-corrected chi connectivity index (χ3v) is 8.02. The van der Waals surface area contributed by atoms with E-state index in [0.29, 0.717) is 6.04 Å². The first kappa shape index (κ1) is 29.1. The first-order valence-corrected chi connectivity index (χ1v) is 15.2. The summed E-state index contributed by atoms with van der Waals surface area (Å²) in [6.45, 7) is 1.68. The summed E-state index contributed by atoms with van der Waals surface area (Å²) in [7, 11) is 1.94. The number of carbonyl (C=O) groups is 1. The van der Waals surface area contributed by atoms with Crippen molar-refractivity contribution in [3.8, 4) is 33.9 Å². The molecule has 4 aromatic carbocycles. The van der Waals surface area contributed by atoms with Crippen LogP contribution < -0.4 is 10.6 Å². The van der Waals surface area contributed by atoms with Crippen LogP contribution in [0.5, 0.6) is 0 Å². The molecule has 0 saturated heterocycles. The van der Waals surface area contributed by atoms with Gasteiger partial charge < -0.3 is 15.7 Å². The van der Waals surface area contributed by atoms with Gasteiger partial charge in [-0.05, 0) is 79.5 Å². The number of aromatic nitrogens is 7. The third-order valence-electron chi connectivity index (χ3n) is 8.02. The van der Waals surface area contributed by atoms with Crippen LogP contribution in [0.1, 0.15) is 34.3 Å². The summed E-state index contributed by atoms with van der Waals surface area (Å²) in [5.74, 6) is -0.176. The lowest BCUT2D eigenvalue weighted by atomic mass is 10.0. The number of aromatic carboxylic acids is 1. The van der Waals surface area contributed by atoms with E-state index in [4.69, 9.17) is 0 Å². The summed E-state index contributed by atoms with van der Waals surface area (Å²) < 4.78 is 0. The largest absolute Gasteiger partial charge is 0.478 e. The minimum absolute atomic E-state index is 0.270. The van der Waals surface area contributed by atoms with Gasteiger partial charge in [-0.2, -0.15) is 15.3 Å². The van der Waals surface area contributed by atoms with Gasteiger partial charge >= 0.3 is 5.97 Å². The number of rotatable bonds is 9. The fourth-order valence-electron chi connectivity index (χ4n) is 5.50. The summed E-state index contributed by atoms with van der Waals surface area (Å²) in [6, 6.07) is 28.4. The zero-order valence-electron chi connectivity index (χ0n) is 25.2. The highest BCUT2D eigenvalue weighted by molar-refractivity contribution is 5.99. The molecule has 8 rings (SSSR count). The molecule has 1 aliphatic rings. The van der Waals surface area contributed by atoms with Gasteiger partial charge in [0, 0.05) is 46.6 Å². The highest BCUT2D eigenvalue weighted by atomic mass is 16.4. The Morgan fingerprint density at radius 1 is 0.783 bits per heavy atom. The zero-order valence-corrected chi connectivity index (χ0v) is 25.2. The second-order valence-electron chi connectivity index (χ2n) is 11.4. The predicted molar refractivity (Wildman–Crippen MR) is 178 cm³/mol. The number of hydrogen-bond donors (Lipinski definition) is 6. The molecule has 230 valence electrons. The summed E-state index contributed by atoms with van der Waals surface area (Å²) in [6.07, 6.45) is 4.04. The highest BCUT2D eigenvalue weighted by Crippen LogP contribution is 2.30. The van der Waals surface area contributed by atoms with Gasteiger partial charge in [0.25, 0.3) is 0 Å². The van der Waals surface area contributed by atoms with E-state index in [9.17, 15) is 9.90 Å². The second kappa shape index (κ2) is 12.8. The lowest BCUT2D eigenvalue weighted by Gasteiger charge is -2.05. The molecule has 0 aliphatic heterocycles. The number of nitrogens with one attached hydrogen (secondary N) is 5. The number of hydrogen-bond acceptors (Lipinski definition) is 7. The highest BCUT2D eigenvalue weighted by Gasteiger charge is 2.20. The molecule has 46 heavy (non-hydrogen) atoms. The Bertz CT molecular complexity index is 2130. The van der Waals surface area contributed by atoms with Crippen molar-refractivity contribution in [1.82, 2.24) is 46.2 Å². The molecule has 1 fully saturated rings. The maximum absolute atomic E-state index is 11.2. The smallest absolute Gasteiger partial charge is 0.335 e. The van der Waals surface area contributed by atoms with E-state index in [2.05, 4.69) is 88.7 Å². The van der Waals surface area contributed by atoms with E-state index < -0.39 is 5.97 Å². The van der Waals surface area contributed by atoms with Gasteiger partial charge in [-0.3, -0.25) is 15.3 Å². The van der Waals surface area contributed by atoms with Gasteiger partial charge in [0.05, 0.1) is 28.0 Å². The number of carboxylic acid groups (broad SMARTS) is 1. The summed E-state index contributed by atoms with van der Waals surface area (Å²) in [5.41, 5.74) is 9.36. The molecule has 0 spiro atoms. The van der Waals surface area contributed by atoms with Crippen LogP contribution in [0.4, 0.5) is 0 Å². The number of H-pyrrole nitrogens is 3. The SMILES string of the molecule is CNCc1cccc(-c2n[nH]c3ccc(-c4ncn[nH]4)cc23)c1.O=C(O)c1ccc2[nH]nc(-c3cccc(CNC4CC4)c3)c2c1. The summed E-state index contributed by atoms with van der Waals surface area (Å²) in [4.78, 5) is 15.4. The molecule has 1 aliphatic carbocycles. The predicted octanol–water partition coefficient (Wildman–Crippen LogP) is 5.91. The molecule has 7 aromatic rings. The molecule has 11 heteroatoms. The van der Waals surface area contributed by atoms with E-state index >= 15 is 0 Å². The number of carboxylic acids is 1. The van der Waals surface area contributed by atoms with Crippen LogP contribution in [-0.2, 0) is 13.1 Å². The van der Waals surface area contributed by atoms with E-state index in [0.717, 1.165) is 68.8 Å². The van der Waals surface area contributed by atoms with Gasteiger partial charge in [-0.25, -0.2) is 9.78 Å². The fraction of sp³-hybridized carbons (Fsp3) is 0.171. The molecule has 6 N–H and O–H groups in total. The van der Waals surface area contributed by atoms with Crippen LogP contribution >= 0.6 is 0 Å². The Balaban J connectivity index is 0.000000147. The standard InChI is InChI=1S/C18H17N3O2.C17H16N6/c22-18(23)13-4-7-16-15(9-13)17(21-20-16)12-3-1-2-11(8-12)10-19-14-5-6-14;1-18-9-11-3-2-4-12(7-11)16-14-8-13(17-19-10-20-23-17)5-6-15(14)21-22-16/h1-4,7-9,14,19H,5-6,10H2,(H,20,21)(H,22,23);2-8,10,18H,9H2,1H3,(H,21,22)(H,19,20,23). The van der Waals surface area contributed by atoms with Gasteiger partial charge in [0.2, 0.25) is 0 Å². The molecular formula is C35H33N9O2. The maximum atomic E-state index is 11.2. The molecule has 0 bridgehead atoms. The van der Waals surface area contributed by atoms with Crippen molar-refractivity contribution in [2.75, 3.05) is 7.05 Å². The zero-order chi connectivity index (χ0) is 31.5. The Morgan fingerprint density at radius 2 is 1.43 bits per heavy atom. The van der Waals surface area contributed by atoms with E-state index in [-0.39, 0.29) is 5.56 Å². The normalized spacial score (nSPS) is 12.7. The maximum Gasteiger partial charge on any atom is 0.335 e. The Labute approximate surface area is 264 Å². The molecule has 0 radical (unpaired) electrons. The van der Waals surface area contributed by atoms with Crippen LogP contribution in [-0.4, -0.2) is 59.7 Å². The van der Waals surface area contributed by atoms with Crippen LogP contribution in [0.3, 0.4) is 0 Å². The number of aromatic amines is 3. The second-order valence-corrected chi connectivity index (χ2v) is 11.4. The quantitative estimate of drug-likeness (QED) is 0.117. The van der Waals surface area contributed by atoms with Crippen molar-refractivity contribution in [2.24, 2.45) is 0 Å². The average molecular weight is 612 g/mol.